The normalized spacial score (nSPS) is 10.7. The summed E-state index contributed by atoms with van der Waals surface area (Å²) in [6.45, 7) is 0.548. The van der Waals surface area contributed by atoms with Crippen molar-refractivity contribution in [3.63, 3.8) is 0 Å². The molecule has 8 heteroatoms. The summed E-state index contributed by atoms with van der Waals surface area (Å²) in [6.07, 6.45) is 0. The van der Waals surface area contributed by atoms with E-state index < -0.39 is 0 Å². The van der Waals surface area contributed by atoms with Gasteiger partial charge in [0.15, 0.2) is 0 Å². The molecule has 26 heavy (non-hydrogen) atoms. The minimum Gasteiger partial charge on any atom is -0.411 e. The lowest BCUT2D eigenvalue weighted by molar-refractivity contribution is -0.127. The van der Waals surface area contributed by atoms with E-state index in [4.69, 9.17) is 16.0 Å². The molecule has 3 aromatic rings. The maximum absolute atomic E-state index is 12.3. The highest BCUT2D eigenvalue weighted by Crippen LogP contribution is 2.24. The number of halogens is 2. The van der Waals surface area contributed by atoms with E-state index in [0.29, 0.717) is 22.7 Å². The van der Waals surface area contributed by atoms with Gasteiger partial charge in [-0.05, 0) is 42.0 Å². The lowest BCUT2D eigenvalue weighted by Gasteiger charge is -2.16. The van der Waals surface area contributed by atoms with Crippen molar-refractivity contribution >= 4 is 45.2 Å². The van der Waals surface area contributed by atoms with E-state index in [9.17, 15) is 4.79 Å². The first-order chi connectivity index (χ1) is 12.5. The summed E-state index contributed by atoms with van der Waals surface area (Å²) in [4.78, 5) is 14.0. The highest BCUT2D eigenvalue weighted by atomic mass is 79.9. The molecule has 0 aliphatic heterocycles. The molecule has 0 aliphatic rings. The van der Waals surface area contributed by atoms with Crippen LogP contribution in [0.3, 0.4) is 0 Å². The fourth-order valence-corrected chi connectivity index (χ4v) is 3.26. The number of hydrogen-bond donors (Lipinski definition) is 0. The van der Waals surface area contributed by atoms with Gasteiger partial charge in [0.2, 0.25) is 11.8 Å². The molecule has 0 fully saturated rings. The molecule has 0 saturated carbocycles. The third-order valence-corrected chi connectivity index (χ3v) is 5.16. The molecule has 1 amide bonds. The summed E-state index contributed by atoms with van der Waals surface area (Å²) in [7, 11) is 1.78. The Bertz CT molecular complexity index is 884. The van der Waals surface area contributed by atoms with Crippen molar-refractivity contribution in [1.29, 1.82) is 0 Å². The summed E-state index contributed by atoms with van der Waals surface area (Å²) in [6, 6.07) is 15.0. The number of rotatable bonds is 6. The third kappa shape index (κ3) is 5.09. The molecule has 0 saturated heterocycles. The lowest BCUT2D eigenvalue weighted by Crippen LogP contribution is -2.27. The summed E-state index contributed by atoms with van der Waals surface area (Å²) in [5.74, 6) is 0.624. The monoisotopic (exact) mass is 451 g/mol. The van der Waals surface area contributed by atoms with Crippen LogP contribution < -0.4 is 0 Å². The molecule has 0 aliphatic carbocycles. The minimum atomic E-state index is -0.0100. The smallest absolute Gasteiger partial charge is 0.277 e. The topological polar surface area (TPSA) is 59.2 Å². The van der Waals surface area contributed by atoms with Gasteiger partial charge in [0.25, 0.3) is 5.22 Å². The second kappa shape index (κ2) is 8.70. The molecule has 0 bridgehead atoms. The molecule has 1 heterocycles. The van der Waals surface area contributed by atoms with Gasteiger partial charge in [-0.15, -0.1) is 10.2 Å². The van der Waals surface area contributed by atoms with E-state index >= 15 is 0 Å². The Morgan fingerprint density at radius 3 is 2.54 bits per heavy atom. The Labute approximate surface area is 168 Å². The zero-order valence-corrected chi connectivity index (χ0v) is 17.0. The number of nitrogens with zero attached hydrogens (tertiary/aromatic N) is 3. The van der Waals surface area contributed by atoms with Gasteiger partial charge in [-0.3, -0.25) is 4.79 Å². The summed E-state index contributed by atoms with van der Waals surface area (Å²) in [5.41, 5.74) is 1.85. The highest BCUT2D eigenvalue weighted by Gasteiger charge is 2.14. The molecule has 134 valence electrons. The predicted octanol–water partition coefficient (Wildman–Crippen LogP) is 4.90. The SMILES string of the molecule is CN(Cc1ccc(Br)cc1)C(=O)CSc1nnc(-c2ccc(Cl)cc2)o1. The summed E-state index contributed by atoms with van der Waals surface area (Å²) < 4.78 is 6.61. The quantitative estimate of drug-likeness (QED) is 0.498. The first-order valence-electron chi connectivity index (χ1n) is 7.72. The Hall–Kier alpha value is -1.83. The standard InChI is InChI=1S/C18H15BrClN3O2S/c1-23(10-12-2-6-14(19)7-3-12)16(24)11-26-18-22-21-17(25-18)13-4-8-15(20)9-5-13/h2-9H,10-11H2,1H3. The first-order valence-corrected chi connectivity index (χ1v) is 9.87. The van der Waals surface area contributed by atoms with E-state index in [2.05, 4.69) is 26.1 Å². The van der Waals surface area contributed by atoms with Gasteiger partial charge < -0.3 is 9.32 Å². The van der Waals surface area contributed by atoms with Crippen LogP contribution >= 0.6 is 39.3 Å². The third-order valence-electron chi connectivity index (χ3n) is 3.58. The zero-order chi connectivity index (χ0) is 18.5. The van der Waals surface area contributed by atoms with Crippen molar-refractivity contribution in [1.82, 2.24) is 15.1 Å². The Balaban J connectivity index is 1.54. The van der Waals surface area contributed by atoms with Crippen molar-refractivity contribution in [2.45, 2.75) is 11.8 Å². The summed E-state index contributed by atoms with van der Waals surface area (Å²) >= 11 is 10.5. The highest BCUT2D eigenvalue weighted by molar-refractivity contribution is 9.10. The van der Waals surface area contributed by atoms with Gasteiger partial charge >= 0.3 is 0 Å². The van der Waals surface area contributed by atoms with Crippen molar-refractivity contribution in [3.8, 4) is 11.5 Å². The fourth-order valence-electron chi connectivity index (χ4n) is 2.16. The van der Waals surface area contributed by atoms with Crippen molar-refractivity contribution in [3.05, 3.63) is 63.6 Å². The van der Waals surface area contributed by atoms with Crippen LogP contribution in [-0.4, -0.2) is 33.8 Å². The van der Waals surface area contributed by atoms with Gasteiger partial charge in [0, 0.05) is 28.7 Å². The van der Waals surface area contributed by atoms with Gasteiger partial charge in [-0.25, -0.2) is 0 Å². The molecular weight excluding hydrogens is 438 g/mol. The van der Waals surface area contributed by atoms with Crippen LogP contribution in [0.4, 0.5) is 0 Å². The molecule has 0 unspecified atom stereocenters. The van der Waals surface area contributed by atoms with Crippen molar-refractivity contribution in [2.24, 2.45) is 0 Å². The maximum atomic E-state index is 12.3. The number of aromatic nitrogens is 2. The Morgan fingerprint density at radius 1 is 1.15 bits per heavy atom. The maximum Gasteiger partial charge on any atom is 0.277 e. The first kappa shape index (κ1) is 18.9. The van der Waals surface area contributed by atoms with Crippen LogP contribution in [0, 0.1) is 0 Å². The predicted molar refractivity (Wildman–Crippen MR) is 106 cm³/mol. The Morgan fingerprint density at radius 2 is 1.85 bits per heavy atom. The minimum absolute atomic E-state index is 0.0100. The number of amides is 1. The molecule has 3 rings (SSSR count). The largest absolute Gasteiger partial charge is 0.411 e. The second-order valence-corrected chi connectivity index (χ2v) is 7.82. The van der Waals surface area contributed by atoms with Crippen LogP contribution in [0.5, 0.6) is 0 Å². The van der Waals surface area contributed by atoms with E-state index in [1.54, 1.807) is 36.2 Å². The lowest BCUT2D eigenvalue weighted by atomic mass is 10.2. The second-order valence-electron chi connectivity index (χ2n) is 5.54. The molecule has 0 atom stereocenters. The average Bonchev–Trinajstić information content (AvgIpc) is 3.11. The van der Waals surface area contributed by atoms with Gasteiger partial charge in [-0.1, -0.05) is 51.4 Å². The van der Waals surface area contributed by atoms with Crippen molar-refractivity contribution in [2.75, 3.05) is 12.8 Å². The van der Waals surface area contributed by atoms with Gasteiger partial charge in [0.1, 0.15) is 0 Å². The van der Waals surface area contributed by atoms with Gasteiger partial charge in [0.05, 0.1) is 5.75 Å². The molecule has 2 aromatic carbocycles. The van der Waals surface area contributed by atoms with Crippen LogP contribution in [0.1, 0.15) is 5.56 Å². The van der Waals surface area contributed by atoms with Crippen molar-refractivity contribution < 1.29 is 9.21 Å². The number of thioether (sulfide) groups is 1. The van der Waals surface area contributed by atoms with E-state index in [1.807, 2.05) is 24.3 Å². The van der Waals surface area contributed by atoms with E-state index in [0.717, 1.165) is 15.6 Å². The molecule has 0 spiro atoms. The Kier molecular flexibility index (Phi) is 6.34. The van der Waals surface area contributed by atoms with Crippen LogP contribution in [0.2, 0.25) is 5.02 Å². The van der Waals surface area contributed by atoms with Crippen LogP contribution in [-0.2, 0) is 11.3 Å². The number of benzene rings is 2. The van der Waals surface area contributed by atoms with Gasteiger partial charge in [-0.2, -0.15) is 0 Å². The molecule has 0 N–H and O–H groups in total. The average molecular weight is 453 g/mol. The molecule has 1 aromatic heterocycles. The van der Waals surface area contributed by atoms with Crippen LogP contribution in [0.15, 0.2) is 62.6 Å². The number of hydrogen-bond acceptors (Lipinski definition) is 5. The molecular formula is C18H15BrClN3O2S. The molecule has 0 radical (unpaired) electrons. The van der Waals surface area contributed by atoms with E-state index in [-0.39, 0.29) is 11.7 Å². The zero-order valence-electron chi connectivity index (χ0n) is 13.9. The molecule has 5 nitrogen and oxygen atoms in total. The summed E-state index contributed by atoms with van der Waals surface area (Å²) in [5, 5.41) is 8.98. The number of carbonyl (C=O) groups is 1. The van der Waals surface area contributed by atoms with Crippen LogP contribution in [0.25, 0.3) is 11.5 Å². The van der Waals surface area contributed by atoms with E-state index in [1.165, 1.54) is 11.8 Å². The fraction of sp³-hybridized carbons (Fsp3) is 0.167. The number of carbonyl (C=O) groups excluding carboxylic acids is 1.